The lowest BCUT2D eigenvalue weighted by molar-refractivity contribution is -0.384. The molecule has 0 saturated carbocycles. The first-order valence-electron chi connectivity index (χ1n) is 10.9. The molecule has 0 radical (unpaired) electrons. The van der Waals surface area contributed by atoms with E-state index in [1.165, 1.54) is 54.5 Å². The van der Waals surface area contributed by atoms with Crippen LogP contribution in [-0.4, -0.2) is 46.7 Å². The summed E-state index contributed by atoms with van der Waals surface area (Å²) in [6.45, 7) is 0.0150. The van der Waals surface area contributed by atoms with E-state index in [1.807, 2.05) is 0 Å². The van der Waals surface area contributed by atoms with E-state index in [9.17, 15) is 29.3 Å². The quantitative estimate of drug-likeness (QED) is 0.216. The SMILES string of the molecule is COC(=O)c1ccc(N2C(=O)CC(N(Cc3ccccc3)C(=O)c3cccc([N+](=O)[O-])c3)C2=O)cc1. The lowest BCUT2D eigenvalue weighted by atomic mass is 10.1. The molecular weight excluding hydrogens is 466 g/mol. The monoisotopic (exact) mass is 487 g/mol. The third-order valence-electron chi connectivity index (χ3n) is 5.81. The zero-order valence-corrected chi connectivity index (χ0v) is 19.2. The molecular formula is C26H21N3O7. The van der Waals surface area contributed by atoms with Gasteiger partial charge in [-0.1, -0.05) is 36.4 Å². The number of anilines is 1. The number of amides is 3. The summed E-state index contributed by atoms with van der Waals surface area (Å²) in [6, 6.07) is 18.8. The number of methoxy groups -OCH3 is 1. The summed E-state index contributed by atoms with van der Waals surface area (Å²) in [4.78, 5) is 64.4. The maximum Gasteiger partial charge on any atom is 0.337 e. The number of nitrogens with zero attached hydrogens (tertiary/aromatic N) is 3. The van der Waals surface area contributed by atoms with Crippen LogP contribution in [-0.2, 0) is 20.9 Å². The number of hydrogen-bond acceptors (Lipinski definition) is 7. The number of esters is 1. The summed E-state index contributed by atoms with van der Waals surface area (Å²) in [5.41, 5.74) is 0.992. The molecule has 3 aromatic carbocycles. The highest BCUT2D eigenvalue weighted by Crippen LogP contribution is 2.29. The minimum atomic E-state index is -1.12. The van der Waals surface area contributed by atoms with Gasteiger partial charge in [-0.2, -0.15) is 0 Å². The van der Waals surface area contributed by atoms with Crippen molar-refractivity contribution in [3.8, 4) is 0 Å². The molecule has 0 spiro atoms. The van der Waals surface area contributed by atoms with Crippen LogP contribution < -0.4 is 4.90 Å². The second-order valence-electron chi connectivity index (χ2n) is 8.05. The Kier molecular flexibility index (Phi) is 6.86. The highest BCUT2D eigenvalue weighted by molar-refractivity contribution is 6.23. The Hall–Kier alpha value is -4.86. The van der Waals surface area contributed by atoms with E-state index in [2.05, 4.69) is 4.74 Å². The maximum atomic E-state index is 13.5. The molecule has 3 aromatic rings. The largest absolute Gasteiger partial charge is 0.465 e. The number of non-ortho nitro benzene ring substituents is 1. The highest BCUT2D eigenvalue weighted by Gasteiger charge is 2.44. The fourth-order valence-corrected chi connectivity index (χ4v) is 4.02. The van der Waals surface area contributed by atoms with Crippen molar-refractivity contribution in [2.24, 2.45) is 0 Å². The minimum absolute atomic E-state index is 0.0150. The van der Waals surface area contributed by atoms with E-state index >= 15 is 0 Å². The van der Waals surface area contributed by atoms with Gasteiger partial charge in [0.15, 0.2) is 0 Å². The van der Waals surface area contributed by atoms with E-state index in [1.54, 1.807) is 30.3 Å². The Labute approximate surface area is 205 Å². The normalized spacial score (nSPS) is 15.0. The lowest BCUT2D eigenvalue weighted by Gasteiger charge is -2.28. The van der Waals surface area contributed by atoms with Crippen LogP contribution in [0.3, 0.4) is 0 Å². The number of carbonyl (C=O) groups is 4. The van der Waals surface area contributed by atoms with Gasteiger partial charge in [-0.25, -0.2) is 9.69 Å². The number of benzene rings is 3. The van der Waals surface area contributed by atoms with Crippen LogP contribution in [0.25, 0.3) is 0 Å². The molecule has 0 bridgehead atoms. The molecule has 4 rings (SSSR count). The number of rotatable bonds is 7. The van der Waals surface area contributed by atoms with Crippen molar-refractivity contribution in [3.05, 3.63) is 106 Å². The molecule has 0 N–H and O–H groups in total. The highest BCUT2D eigenvalue weighted by atomic mass is 16.6. The van der Waals surface area contributed by atoms with Gasteiger partial charge < -0.3 is 9.64 Å². The predicted molar refractivity (Wildman–Crippen MR) is 128 cm³/mol. The van der Waals surface area contributed by atoms with E-state index in [-0.39, 0.29) is 35.5 Å². The molecule has 36 heavy (non-hydrogen) atoms. The van der Waals surface area contributed by atoms with Crippen LogP contribution in [0.1, 0.15) is 32.7 Å². The third-order valence-corrected chi connectivity index (χ3v) is 5.81. The van der Waals surface area contributed by atoms with Gasteiger partial charge in [-0.3, -0.25) is 24.5 Å². The second-order valence-corrected chi connectivity index (χ2v) is 8.05. The van der Waals surface area contributed by atoms with Gasteiger partial charge in [0, 0.05) is 24.2 Å². The molecule has 1 heterocycles. The van der Waals surface area contributed by atoms with Crippen molar-refractivity contribution in [2.45, 2.75) is 19.0 Å². The standard InChI is InChI=1S/C26H21N3O7/c1-36-26(33)18-10-12-20(13-11-18)28-23(30)15-22(25(28)32)27(16-17-6-3-2-4-7-17)24(31)19-8-5-9-21(14-19)29(34)35/h2-14,22H,15-16H2,1H3. The lowest BCUT2D eigenvalue weighted by Crippen LogP contribution is -2.45. The minimum Gasteiger partial charge on any atom is -0.465 e. The van der Waals surface area contributed by atoms with Crippen molar-refractivity contribution >= 4 is 35.1 Å². The van der Waals surface area contributed by atoms with Crippen LogP contribution in [0, 0.1) is 10.1 Å². The van der Waals surface area contributed by atoms with Crippen molar-refractivity contribution in [3.63, 3.8) is 0 Å². The Morgan fingerprint density at radius 1 is 1.00 bits per heavy atom. The number of carbonyl (C=O) groups excluding carboxylic acids is 4. The molecule has 10 nitrogen and oxygen atoms in total. The van der Waals surface area contributed by atoms with Gasteiger partial charge in [-0.15, -0.1) is 0 Å². The van der Waals surface area contributed by atoms with Gasteiger partial charge in [0.25, 0.3) is 17.5 Å². The first-order chi connectivity index (χ1) is 17.3. The summed E-state index contributed by atoms with van der Waals surface area (Å²) in [7, 11) is 1.24. The fourth-order valence-electron chi connectivity index (χ4n) is 4.02. The van der Waals surface area contributed by atoms with Crippen LogP contribution in [0.5, 0.6) is 0 Å². The molecule has 182 valence electrons. The van der Waals surface area contributed by atoms with Gasteiger partial charge in [-0.05, 0) is 35.9 Å². The van der Waals surface area contributed by atoms with Crippen LogP contribution in [0.4, 0.5) is 11.4 Å². The zero-order chi connectivity index (χ0) is 25.8. The van der Waals surface area contributed by atoms with Crippen molar-refractivity contribution in [1.29, 1.82) is 0 Å². The average Bonchev–Trinajstić information content (AvgIpc) is 3.20. The average molecular weight is 487 g/mol. The summed E-state index contributed by atoms with van der Waals surface area (Å²) >= 11 is 0. The van der Waals surface area contributed by atoms with Crippen molar-refractivity contribution in [1.82, 2.24) is 4.90 Å². The Bertz CT molecular complexity index is 1340. The maximum absolute atomic E-state index is 13.5. The smallest absolute Gasteiger partial charge is 0.337 e. The number of ether oxygens (including phenoxy) is 1. The molecule has 1 aliphatic heterocycles. The van der Waals surface area contributed by atoms with Crippen LogP contribution in [0.2, 0.25) is 0 Å². The molecule has 1 aliphatic rings. The van der Waals surface area contributed by atoms with E-state index in [0.717, 1.165) is 16.5 Å². The Morgan fingerprint density at radius 2 is 1.69 bits per heavy atom. The number of nitro groups is 1. The van der Waals surface area contributed by atoms with Gasteiger partial charge in [0.05, 0.1) is 29.7 Å². The fraction of sp³-hybridized carbons (Fsp3) is 0.154. The molecule has 1 fully saturated rings. The number of nitro benzene ring substituents is 1. The van der Waals surface area contributed by atoms with E-state index < -0.39 is 34.7 Å². The molecule has 0 aliphatic carbocycles. The number of imide groups is 1. The predicted octanol–water partition coefficient (Wildman–Crippen LogP) is 3.36. The van der Waals surface area contributed by atoms with Crippen molar-refractivity contribution in [2.75, 3.05) is 12.0 Å². The molecule has 0 aromatic heterocycles. The molecule has 1 atom stereocenters. The summed E-state index contributed by atoms with van der Waals surface area (Å²) in [6.07, 6.45) is -0.259. The summed E-state index contributed by atoms with van der Waals surface area (Å²) in [5.74, 6) is -2.30. The second kappa shape index (κ2) is 10.2. The Morgan fingerprint density at radius 3 is 2.33 bits per heavy atom. The van der Waals surface area contributed by atoms with Crippen LogP contribution in [0.15, 0.2) is 78.9 Å². The summed E-state index contributed by atoms with van der Waals surface area (Å²) in [5, 5.41) is 11.2. The van der Waals surface area contributed by atoms with Crippen LogP contribution >= 0.6 is 0 Å². The number of hydrogen-bond donors (Lipinski definition) is 0. The first kappa shape index (κ1) is 24.3. The molecule has 1 saturated heterocycles. The van der Waals surface area contributed by atoms with E-state index in [0.29, 0.717) is 0 Å². The molecule has 1 unspecified atom stereocenters. The molecule has 10 heteroatoms. The van der Waals surface area contributed by atoms with Gasteiger partial charge >= 0.3 is 5.97 Å². The topological polar surface area (TPSA) is 127 Å². The van der Waals surface area contributed by atoms with Gasteiger partial charge in [0.1, 0.15) is 6.04 Å². The van der Waals surface area contributed by atoms with Crippen molar-refractivity contribution < 1.29 is 28.8 Å². The van der Waals surface area contributed by atoms with E-state index in [4.69, 9.17) is 0 Å². The van der Waals surface area contributed by atoms with Gasteiger partial charge in [0.2, 0.25) is 5.91 Å². The summed E-state index contributed by atoms with van der Waals surface area (Å²) < 4.78 is 4.67. The zero-order valence-electron chi connectivity index (χ0n) is 19.2. The Balaban J connectivity index is 1.67. The first-order valence-corrected chi connectivity index (χ1v) is 10.9. The third kappa shape index (κ3) is 4.83. The molecule has 3 amide bonds.